The number of nitrogen functional groups attached to an aromatic ring is 1. The quantitative estimate of drug-likeness (QED) is 0.569. The van der Waals surface area contributed by atoms with Crippen molar-refractivity contribution in [3.05, 3.63) is 47.2 Å². The minimum Gasteiger partial charge on any atom is -0.396 e. The van der Waals surface area contributed by atoms with Gasteiger partial charge in [0.15, 0.2) is 5.82 Å². The monoisotopic (exact) mass is 404 g/mol. The molecule has 3 rings (SSSR count). The third-order valence-corrected chi connectivity index (χ3v) is 5.49. The predicted molar refractivity (Wildman–Crippen MR) is 109 cm³/mol. The number of benzene rings is 1. The van der Waals surface area contributed by atoms with Gasteiger partial charge in [-0.3, -0.25) is 4.79 Å². The van der Waals surface area contributed by atoms with Crippen LogP contribution >= 0.6 is 11.6 Å². The van der Waals surface area contributed by atoms with Crippen molar-refractivity contribution in [1.29, 1.82) is 0 Å². The van der Waals surface area contributed by atoms with E-state index in [2.05, 4.69) is 15.3 Å². The lowest BCUT2D eigenvalue weighted by Gasteiger charge is -2.39. The van der Waals surface area contributed by atoms with Gasteiger partial charge in [-0.1, -0.05) is 41.9 Å². The van der Waals surface area contributed by atoms with Crippen molar-refractivity contribution in [2.45, 2.75) is 30.8 Å². The molecule has 9 heteroatoms. The van der Waals surface area contributed by atoms with E-state index in [1.54, 1.807) is 0 Å². The van der Waals surface area contributed by atoms with Gasteiger partial charge in [-0.25, -0.2) is 9.97 Å². The molecule has 8 nitrogen and oxygen atoms in total. The van der Waals surface area contributed by atoms with Crippen molar-refractivity contribution in [3.63, 3.8) is 0 Å². The van der Waals surface area contributed by atoms with Crippen LogP contribution in [0.3, 0.4) is 0 Å². The summed E-state index contributed by atoms with van der Waals surface area (Å²) in [4.78, 5) is 23.0. The maximum atomic E-state index is 12.9. The Labute approximate surface area is 168 Å². The highest BCUT2D eigenvalue weighted by atomic mass is 35.5. The number of nitrogens with zero attached hydrogens (tertiary/aromatic N) is 3. The van der Waals surface area contributed by atoms with Gasteiger partial charge in [-0.2, -0.15) is 0 Å². The maximum absolute atomic E-state index is 12.9. The second-order valence-electron chi connectivity index (χ2n) is 6.99. The number of nitrogens with two attached hydrogens (primary N) is 2. The zero-order valence-electron chi connectivity index (χ0n) is 15.5. The van der Waals surface area contributed by atoms with Crippen LogP contribution in [0.2, 0.25) is 5.02 Å². The number of halogens is 1. The average molecular weight is 405 g/mol. The second-order valence-corrected chi connectivity index (χ2v) is 7.37. The van der Waals surface area contributed by atoms with Crippen molar-refractivity contribution in [2.24, 2.45) is 5.73 Å². The fourth-order valence-corrected chi connectivity index (χ4v) is 3.59. The second kappa shape index (κ2) is 8.72. The molecule has 0 radical (unpaired) electrons. The molecule has 0 aliphatic carbocycles. The average Bonchev–Trinajstić information content (AvgIpc) is 2.71. The van der Waals surface area contributed by atoms with Crippen LogP contribution in [0.1, 0.15) is 30.9 Å². The van der Waals surface area contributed by atoms with Gasteiger partial charge < -0.3 is 26.8 Å². The van der Waals surface area contributed by atoms with Crippen molar-refractivity contribution >= 4 is 29.1 Å². The molecule has 0 saturated carbocycles. The standard InChI is InChI=1S/C19H25ClN6O2/c20-15-16(21)23-12-24-17(15)26-9-7-19(22,8-10-26)18(28)25-14(6-11-27)13-4-2-1-3-5-13/h1-5,12,14,27H,6-11,22H2,(H,25,28)(H2,21,23,24). The third kappa shape index (κ3) is 4.35. The molecule has 1 fully saturated rings. The molecule has 0 bridgehead atoms. The first-order valence-electron chi connectivity index (χ1n) is 9.21. The highest BCUT2D eigenvalue weighted by molar-refractivity contribution is 6.35. The summed E-state index contributed by atoms with van der Waals surface area (Å²) in [6, 6.07) is 9.28. The first kappa shape index (κ1) is 20.3. The van der Waals surface area contributed by atoms with Crippen LogP contribution in [0.4, 0.5) is 11.6 Å². The van der Waals surface area contributed by atoms with Gasteiger partial charge in [0.1, 0.15) is 17.2 Å². The van der Waals surface area contributed by atoms with E-state index >= 15 is 0 Å². The molecule has 150 valence electrons. The van der Waals surface area contributed by atoms with E-state index in [1.807, 2.05) is 35.2 Å². The fourth-order valence-electron chi connectivity index (χ4n) is 3.38. The molecule has 1 aliphatic heterocycles. The Morgan fingerprint density at radius 3 is 2.61 bits per heavy atom. The lowest BCUT2D eigenvalue weighted by molar-refractivity contribution is -0.128. The topological polar surface area (TPSA) is 130 Å². The van der Waals surface area contributed by atoms with E-state index in [4.69, 9.17) is 23.1 Å². The molecule has 1 amide bonds. The Bertz CT molecular complexity index is 811. The van der Waals surface area contributed by atoms with Crippen molar-refractivity contribution < 1.29 is 9.90 Å². The molecule has 6 N–H and O–H groups in total. The largest absolute Gasteiger partial charge is 0.396 e. The lowest BCUT2D eigenvalue weighted by Crippen LogP contribution is -2.60. The Balaban J connectivity index is 1.67. The minimum absolute atomic E-state index is 0.0289. The summed E-state index contributed by atoms with van der Waals surface area (Å²) in [6.45, 7) is 1.02. The SMILES string of the molecule is Nc1ncnc(N2CCC(N)(C(=O)NC(CCO)c3ccccc3)CC2)c1Cl. The van der Waals surface area contributed by atoms with E-state index in [9.17, 15) is 9.90 Å². The molecule has 1 saturated heterocycles. The number of piperidine rings is 1. The number of rotatable bonds is 6. The normalized spacial score (nSPS) is 17.2. The van der Waals surface area contributed by atoms with Gasteiger partial charge in [-0.15, -0.1) is 0 Å². The van der Waals surface area contributed by atoms with Crippen LogP contribution in [0.25, 0.3) is 0 Å². The van der Waals surface area contributed by atoms with Crippen LogP contribution in [0.5, 0.6) is 0 Å². The number of carbonyl (C=O) groups is 1. The number of amides is 1. The summed E-state index contributed by atoms with van der Waals surface area (Å²) in [5.41, 5.74) is 12.1. The number of hydrogen-bond donors (Lipinski definition) is 4. The van der Waals surface area contributed by atoms with Crippen LogP contribution in [0.15, 0.2) is 36.7 Å². The van der Waals surface area contributed by atoms with E-state index in [-0.39, 0.29) is 24.4 Å². The number of anilines is 2. The van der Waals surface area contributed by atoms with Crippen LogP contribution in [0, 0.1) is 0 Å². The van der Waals surface area contributed by atoms with E-state index in [1.165, 1.54) is 6.33 Å². The van der Waals surface area contributed by atoms with Crippen molar-refractivity contribution in [1.82, 2.24) is 15.3 Å². The summed E-state index contributed by atoms with van der Waals surface area (Å²) in [7, 11) is 0. The Morgan fingerprint density at radius 2 is 1.96 bits per heavy atom. The predicted octanol–water partition coefficient (Wildman–Crippen LogP) is 1.25. The van der Waals surface area contributed by atoms with E-state index < -0.39 is 5.54 Å². The maximum Gasteiger partial charge on any atom is 0.240 e. The smallest absolute Gasteiger partial charge is 0.240 e. The molecule has 1 aromatic heterocycles. The summed E-state index contributed by atoms with van der Waals surface area (Å²) in [5.74, 6) is 0.561. The molecule has 2 heterocycles. The number of aromatic nitrogens is 2. The molecule has 0 spiro atoms. The lowest BCUT2D eigenvalue weighted by atomic mass is 9.87. The van der Waals surface area contributed by atoms with E-state index in [0.717, 1.165) is 5.56 Å². The van der Waals surface area contributed by atoms with Gasteiger partial charge in [0.2, 0.25) is 5.91 Å². The van der Waals surface area contributed by atoms with Gasteiger partial charge >= 0.3 is 0 Å². The zero-order chi connectivity index (χ0) is 20.1. The first-order valence-corrected chi connectivity index (χ1v) is 9.59. The number of hydrogen-bond acceptors (Lipinski definition) is 7. The van der Waals surface area contributed by atoms with Crippen molar-refractivity contribution in [3.8, 4) is 0 Å². The Kier molecular flexibility index (Phi) is 6.33. The van der Waals surface area contributed by atoms with Crippen molar-refractivity contribution in [2.75, 3.05) is 30.3 Å². The summed E-state index contributed by atoms with van der Waals surface area (Å²) >= 11 is 6.21. The Hall–Kier alpha value is -2.42. The molecular weight excluding hydrogens is 380 g/mol. The number of nitrogens with one attached hydrogen (secondary N) is 1. The number of aliphatic hydroxyl groups excluding tert-OH is 1. The molecule has 1 atom stereocenters. The highest BCUT2D eigenvalue weighted by Crippen LogP contribution is 2.31. The van der Waals surface area contributed by atoms with Gasteiger partial charge in [0.25, 0.3) is 0 Å². The minimum atomic E-state index is -0.996. The molecule has 2 aromatic rings. The molecular formula is C19H25ClN6O2. The van der Waals surface area contributed by atoms with Gasteiger partial charge in [0, 0.05) is 19.7 Å². The summed E-state index contributed by atoms with van der Waals surface area (Å²) < 4.78 is 0. The highest BCUT2D eigenvalue weighted by Gasteiger charge is 2.39. The molecule has 1 aromatic carbocycles. The van der Waals surface area contributed by atoms with Gasteiger partial charge in [-0.05, 0) is 24.8 Å². The summed E-state index contributed by atoms with van der Waals surface area (Å²) in [6.07, 6.45) is 2.68. The number of carbonyl (C=O) groups excluding carboxylic acids is 1. The zero-order valence-corrected chi connectivity index (χ0v) is 16.3. The van der Waals surface area contributed by atoms with E-state index in [0.29, 0.717) is 43.2 Å². The molecule has 1 aliphatic rings. The fraction of sp³-hybridized carbons (Fsp3) is 0.421. The third-order valence-electron chi connectivity index (χ3n) is 5.13. The van der Waals surface area contributed by atoms with Crippen LogP contribution in [-0.2, 0) is 4.79 Å². The van der Waals surface area contributed by atoms with Gasteiger partial charge in [0.05, 0.1) is 11.6 Å². The van der Waals surface area contributed by atoms with Crippen LogP contribution in [-0.4, -0.2) is 46.2 Å². The molecule has 28 heavy (non-hydrogen) atoms. The Morgan fingerprint density at radius 1 is 1.29 bits per heavy atom. The molecule has 1 unspecified atom stereocenters. The first-order chi connectivity index (χ1) is 13.4. The number of aliphatic hydroxyl groups is 1. The summed E-state index contributed by atoms with van der Waals surface area (Å²) in [5, 5.41) is 12.7. The van der Waals surface area contributed by atoms with Crippen LogP contribution < -0.4 is 21.7 Å².